The smallest absolute Gasteiger partial charge is 0.321 e. The van der Waals surface area contributed by atoms with E-state index in [4.69, 9.17) is 9.47 Å². The average molecular weight is 379 g/mol. The number of nitrogens with one attached hydrogen (secondary N) is 1. The Labute approximate surface area is 156 Å². The topological polar surface area (TPSA) is 50.8 Å². The van der Waals surface area contributed by atoms with Gasteiger partial charge < -0.3 is 19.7 Å². The lowest BCUT2D eigenvalue weighted by Gasteiger charge is -2.21. The zero-order valence-electron chi connectivity index (χ0n) is 14.4. The van der Waals surface area contributed by atoms with Gasteiger partial charge in [-0.3, -0.25) is 0 Å². The summed E-state index contributed by atoms with van der Waals surface area (Å²) in [6.45, 7) is 1.50. The third kappa shape index (κ3) is 4.41. The van der Waals surface area contributed by atoms with Crippen LogP contribution in [0.4, 0.5) is 10.5 Å². The molecule has 0 radical (unpaired) electrons. The number of hydrogen-bond donors (Lipinski definition) is 1. The van der Waals surface area contributed by atoms with Crippen LogP contribution in [0.3, 0.4) is 0 Å². The lowest BCUT2D eigenvalue weighted by Crippen LogP contribution is -2.36. The van der Waals surface area contributed by atoms with Gasteiger partial charge >= 0.3 is 6.03 Å². The molecule has 2 aromatic rings. The highest BCUT2D eigenvalue weighted by Gasteiger charge is 2.23. The van der Waals surface area contributed by atoms with Crippen LogP contribution in [0.2, 0.25) is 0 Å². The summed E-state index contributed by atoms with van der Waals surface area (Å²) in [6, 6.07) is 9.56. The fraction of sp³-hybridized carbons (Fsp3) is 0.389. The van der Waals surface area contributed by atoms with Gasteiger partial charge in [0.05, 0.1) is 19.9 Å². The van der Waals surface area contributed by atoms with Crippen molar-refractivity contribution in [3.8, 4) is 11.5 Å². The normalized spacial score (nSPS) is 17.7. The maximum Gasteiger partial charge on any atom is 0.321 e. The van der Waals surface area contributed by atoms with Gasteiger partial charge in [-0.05, 0) is 30.0 Å². The third-order valence-corrected chi connectivity index (χ3v) is 6.58. The molecular weight excluding hydrogens is 356 g/mol. The van der Waals surface area contributed by atoms with Crippen LogP contribution in [0.25, 0.3) is 0 Å². The van der Waals surface area contributed by atoms with Crippen molar-refractivity contribution in [1.82, 2.24) is 4.90 Å². The highest BCUT2D eigenvalue weighted by molar-refractivity contribution is 7.99. The van der Waals surface area contributed by atoms with Crippen molar-refractivity contribution >= 4 is 34.8 Å². The Morgan fingerprint density at radius 1 is 1.24 bits per heavy atom. The van der Waals surface area contributed by atoms with Crippen LogP contribution in [0, 0.1) is 0 Å². The average Bonchev–Trinajstić information content (AvgIpc) is 3.06. The first-order valence-electron chi connectivity index (χ1n) is 8.14. The lowest BCUT2D eigenvalue weighted by atomic mass is 10.2. The van der Waals surface area contributed by atoms with E-state index in [0.717, 1.165) is 25.3 Å². The van der Waals surface area contributed by atoms with E-state index in [1.807, 2.05) is 22.7 Å². The summed E-state index contributed by atoms with van der Waals surface area (Å²) >= 11 is 3.72. The Balaban J connectivity index is 1.63. The number of thiophene rings is 1. The zero-order chi connectivity index (χ0) is 17.6. The van der Waals surface area contributed by atoms with Gasteiger partial charge in [-0.2, -0.15) is 11.8 Å². The van der Waals surface area contributed by atoms with Crippen LogP contribution < -0.4 is 14.8 Å². The molecule has 1 aromatic carbocycles. The minimum absolute atomic E-state index is 0.0871. The second kappa shape index (κ2) is 8.49. The molecule has 2 heterocycles. The van der Waals surface area contributed by atoms with Gasteiger partial charge in [0.15, 0.2) is 0 Å². The first kappa shape index (κ1) is 17.9. The molecule has 0 spiro atoms. The first-order chi connectivity index (χ1) is 12.2. The van der Waals surface area contributed by atoms with E-state index in [9.17, 15) is 4.79 Å². The van der Waals surface area contributed by atoms with E-state index >= 15 is 0 Å². The minimum atomic E-state index is -0.0871. The largest absolute Gasteiger partial charge is 0.497 e. The number of carbonyl (C=O) groups is 1. The van der Waals surface area contributed by atoms with Gasteiger partial charge in [0, 0.05) is 35.0 Å². The molecule has 5 nitrogen and oxygen atoms in total. The predicted molar refractivity (Wildman–Crippen MR) is 104 cm³/mol. The molecule has 1 atom stereocenters. The van der Waals surface area contributed by atoms with Crippen LogP contribution >= 0.6 is 23.1 Å². The summed E-state index contributed by atoms with van der Waals surface area (Å²) in [5.74, 6) is 2.23. The van der Waals surface area contributed by atoms with Gasteiger partial charge in [0.1, 0.15) is 11.5 Å². The van der Waals surface area contributed by atoms with Gasteiger partial charge in [0.2, 0.25) is 0 Å². The molecule has 25 heavy (non-hydrogen) atoms. The third-order valence-electron chi connectivity index (χ3n) is 4.14. The molecule has 1 N–H and O–H groups in total. The van der Waals surface area contributed by atoms with E-state index in [-0.39, 0.29) is 6.03 Å². The van der Waals surface area contributed by atoms with Gasteiger partial charge in [-0.15, -0.1) is 11.3 Å². The van der Waals surface area contributed by atoms with Crippen molar-refractivity contribution < 1.29 is 14.3 Å². The molecule has 0 aliphatic carbocycles. The van der Waals surface area contributed by atoms with E-state index < -0.39 is 0 Å². The zero-order valence-corrected chi connectivity index (χ0v) is 16.0. The Morgan fingerprint density at radius 2 is 2.12 bits per heavy atom. The molecule has 7 heteroatoms. The Hall–Kier alpha value is -1.86. The quantitative estimate of drug-likeness (QED) is 0.852. The van der Waals surface area contributed by atoms with Gasteiger partial charge in [-0.25, -0.2) is 4.79 Å². The van der Waals surface area contributed by atoms with Crippen LogP contribution in [0.1, 0.15) is 16.5 Å². The van der Waals surface area contributed by atoms with Crippen LogP contribution in [-0.2, 0) is 0 Å². The fourth-order valence-corrected chi connectivity index (χ4v) is 5.01. The lowest BCUT2D eigenvalue weighted by molar-refractivity contribution is 0.215. The van der Waals surface area contributed by atoms with Gasteiger partial charge in [-0.1, -0.05) is 6.07 Å². The molecule has 1 aromatic heterocycles. The molecule has 0 saturated carbocycles. The molecule has 0 bridgehead atoms. The number of urea groups is 1. The summed E-state index contributed by atoms with van der Waals surface area (Å²) < 4.78 is 10.5. The maximum atomic E-state index is 12.7. The SMILES string of the molecule is COc1ccc(NC(=O)N2CCSC(c3cccs3)CC2)c(OC)c1. The van der Waals surface area contributed by atoms with Crippen molar-refractivity contribution in [2.45, 2.75) is 11.7 Å². The highest BCUT2D eigenvalue weighted by Crippen LogP contribution is 2.37. The van der Waals surface area contributed by atoms with Crippen LogP contribution in [-0.4, -0.2) is 44.0 Å². The van der Waals surface area contributed by atoms with Crippen molar-refractivity contribution in [3.05, 3.63) is 40.6 Å². The van der Waals surface area contributed by atoms with Crippen molar-refractivity contribution in [2.75, 3.05) is 38.4 Å². The maximum absolute atomic E-state index is 12.7. The number of rotatable bonds is 4. The van der Waals surface area contributed by atoms with Gasteiger partial charge in [0.25, 0.3) is 0 Å². The Morgan fingerprint density at radius 3 is 2.84 bits per heavy atom. The summed E-state index contributed by atoms with van der Waals surface area (Å²) in [5.41, 5.74) is 0.653. The number of ether oxygens (including phenoxy) is 2. The molecule has 1 fully saturated rings. The van der Waals surface area contributed by atoms with E-state index in [1.54, 1.807) is 37.7 Å². The Kier molecular flexibility index (Phi) is 6.09. The molecule has 1 aliphatic rings. The number of thioether (sulfide) groups is 1. The molecule has 1 saturated heterocycles. The summed E-state index contributed by atoms with van der Waals surface area (Å²) in [6.07, 6.45) is 0.971. The van der Waals surface area contributed by atoms with Crippen molar-refractivity contribution in [3.63, 3.8) is 0 Å². The number of nitrogens with zero attached hydrogens (tertiary/aromatic N) is 1. The predicted octanol–water partition coefficient (Wildman–Crippen LogP) is 4.48. The first-order valence-corrected chi connectivity index (χ1v) is 10.1. The number of anilines is 1. The highest BCUT2D eigenvalue weighted by atomic mass is 32.2. The Bertz CT molecular complexity index is 706. The molecule has 134 valence electrons. The summed E-state index contributed by atoms with van der Waals surface area (Å²) in [7, 11) is 3.19. The molecular formula is C18H22N2O3S2. The standard InChI is InChI=1S/C18H22N2O3S2/c1-22-13-5-6-14(15(12-13)23-2)19-18(21)20-8-7-17(25-11-9-20)16-4-3-10-24-16/h3-6,10,12,17H,7-9,11H2,1-2H3,(H,19,21). The van der Waals surface area contributed by atoms with E-state index in [1.165, 1.54) is 4.88 Å². The van der Waals surface area contributed by atoms with Crippen molar-refractivity contribution in [2.24, 2.45) is 0 Å². The molecule has 1 aliphatic heterocycles. The molecule has 2 amide bonds. The second-order valence-corrected chi connectivity index (χ2v) is 7.94. The monoisotopic (exact) mass is 378 g/mol. The van der Waals surface area contributed by atoms with Crippen molar-refractivity contribution in [1.29, 1.82) is 0 Å². The summed E-state index contributed by atoms with van der Waals surface area (Å²) in [5, 5.41) is 5.55. The van der Waals surface area contributed by atoms with E-state index in [0.29, 0.717) is 22.4 Å². The minimum Gasteiger partial charge on any atom is -0.497 e. The number of hydrogen-bond acceptors (Lipinski definition) is 5. The van der Waals surface area contributed by atoms with E-state index in [2.05, 4.69) is 22.8 Å². The fourth-order valence-electron chi connectivity index (χ4n) is 2.77. The second-order valence-electron chi connectivity index (χ2n) is 5.65. The molecule has 1 unspecified atom stereocenters. The number of methoxy groups -OCH3 is 2. The van der Waals surface area contributed by atoms with Crippen LogP contribution in [0.5, 0.6) is 11.5 Å². The number of benzene rings is 1. The van der Waals surface area contributed by atoms with Crippen LogP contribution in [0.15, 0.2) is 35.7 Å². The molecule has 3 rings (SSSR count). The number of amides is 2. The summed E-state index contributed by atoms with van der Waals surface area (Å²) in [4.78, 5) is 15.9. The number of carbonyl (C=O) groups excluding carboxylic acids is 1.